The van der Waals surface area contributed by atoms with Crippen LogP contribution in [0.2, 0.25) is 0 Å². The highest BCUT2D eigenvalue weighted by atomic mass is 79.9. The minimum absolute atomic E-state index is 0.674. The lowest BCUT2D eigenvalue weighted by molar-refractivity contribution is 0.258. The van der Waals surface area contributed by atoms with E-state index >= 15 is 0 Å². The molecule has 1 saturated heterocycles. The second kappa shape index (κ2) is 4.99. The molecule has 1 fully saturated rings. The molecule has 1 N–H and O–H groups in total. The van der Waals surface area contributed by atoms with Gasteiger partial charge in [-0.05, 0) is 43.7 Å². The first-order valence-corrected chi connectivity index (χ1v) is 6.14. The number of hydrogen-bond donors (Lipinski definition) is 1. The van der Waals surface area contributed by atoms with Gasteiger partial charge >= 0.3 is 0 Å². The summed E-state index contributed by atoms with van der Waals surface area (Å²) in [5.74, 6) is 1.68. The Balaban J connectivity index is 1.92. The van der Waals surface area contributed by atoms with Crippen LogP contribution in [0, 0.1) is 12.8 Å². The number of aryl methyl sites for hydroxylation is 1. The number of ether oxygens (including phenoxy) is 1. The van der Waals surface area contributed by atoms with Gasteiger partial charge in [-0.2, -0.15) is 0 Å². The summed E-state index contributed by atoms with van der Waals surface area (Å²) in [5.41, 5.74) is 1.19. The molecule has 2 rings (SSSR count). The van der Waals surface area contributed by atoms with Gasteiger partial charge in [-0.25, -0.2) is 0 Å². The molecular formula is C12H16BrNO. The van der Waals surface area contributed by atoms with Crippen molar-refractivity contribution in [3.8, 4) is 5.75 Å². The topological polar surface area (TPSA) is 21.3 Å². The molecule has 0 saturated carbocycles. The second-order valence-electron chi connectivity index (χ2n) is 4.08. The quantitative estimate of drug-likeness (QED) is 0.911. The summed E-state index contributed by atoms with van der Waals surface area (Å²) in [6.45, 7) is 5.13. The van der Waals surface area contributed by atoms with Gasteiger partial charge in [0, 0.05) is 16.9 Å². The van der Waals surface area contributed by atoms with Gasteiger partial charge in [0.15, 0.2) is 0 Å². The number of nitrogens with one attached hydrogen (secondary N) is 1. The Morgan fingerprint density at radius 2 is 2.40 bits per heavy atom. The third kappa shape index (κ3) is 2.95. The van der Waals surface area contributed by atoms with Crippen LogP contribution in [0.1, 0.15) is 12.0 Å². The monoisotopic (exact) mass is 269 g/mol. The first-order valence-electron chi connectivity index (χ1n) is 5.35. The van der Waals surface area contributed by atoms with Crippen LogP contribution in [0.5, 0.6) is 5.75 Å². The molecule has 1 aliphatic heterocycles. The zero-order valence-corrected chi connectivity index (χ0v) is 10.5. The van der Waals surface area contributed by atoms with Gasteiger partial charge in [0.25, 0.3) is 0 Å². The van der Waals surface area contributed by atoms with E-state index in [0.29, 0.717) is 5.92 Å². The Morgan fingerprint density at radius 3 is 3.07 bits per heavy atom. The Labute approximate surface area is 99.1 Å². The van der Waals surface area contributed by atoms with Crippen LogP contribution in [0.4, 0.5) is 0 Å². The van der Waals surface area contributed by atoms with Crippen LogP contribution < -0.4 is 10.1 Å². The summed E-state index contributed by atoms with van der Waals surface area (Å²) in [7, 11) is 0. The van der Waals surface area contributed by atoms with Crippen molar-refractivity contribution in [2.24, 2.45) is 5.92 Å². The van der Waals surface area contributed by atoms with Crippen LogP contribution in [0.15, 0.2) is 22.7 Å². The molecule has 15 heavy (non-hydrogen) atoms. The molecular weight excluding hydrogens is 254 g/mol. The van der Waals surface area contributed by atoms with Crippen LogP contribution in [0.3, 0.4) is 0 Å². The smallest absolute Gasteiger partial charge is 0.122 e. The SMILES string of the molecule is Cc1cc(Br)ccc1OCC1CCNC1. The van der Waals surface area contributed by atoms with E-state index in [0.717, 1.165) is 29.9 Å². The lowest BCUT2D eigenvalue weighted by Crippen LogP contribution is -2.15. The molecule has 0 spiro atoms. The first-order chi connectivity index (χ1) is 7.25. The minimum Gasteiger partial charge on any atom is -0.493 e. The maximum Gasteiger partial charge on any atom is 0.122 e. The van der Waals surface area contributed by atoms with Gasteiger partial charge in [-0.3, -0.25) is 0 Å². The van der Waals surface area contributed by atoms with Gasteiger partial charge in [0.1, 0.15) is 5.75 Å². The fourth-order valence-electron chi connectivity index (χ4n) is 1.84. The zero-order valence-electron chi connectivity index (χ0n) is 8.92. The number of hydrogen-bond acceptors (Lipinski definition) is 2. The molecule has 1 aliphatic rings. The van der Waals surface area contributed by atoms with Gasteiger partial charge < -0.3 is 10.1 Å². The molecule has 1 unspecified atom stereocenters. The van der Waals surface area contributed by atoms with E-state index < -0.39 is 0 Å². The van der Waals surface area contributed by atoms with Crippen molar-refractivity contribution in [3.63, 3.8) is 0 Å². The van der Waals surface area contributed by atoms with Crippen LogP contribution in [-0.4, -0.2) is 19.7 Å². The van der Waals surface area contributed by atoms with E-state index in [-0.39, 0.29) is 0 Å². The third-order valence-corrected chi connectivity index (χ3v) is 3.27. The third-order valence-electron chi connectivity index (χ3n) is 2.77. The maximum atomic E-state index is 5.81. The van der Waals surface area contributed by atoms with Crippen LogP contribution in [0.25, 0.3) is 0 Å². The molecule has 1 aromatic rings. The first kappa shape index (κ1) is 11.0. The highest BCUT2D eigenvalue weighted by Crippen LogP contribution is 2.23. The Bertz CT molecular complexity index is 334. The molecule has 0 aromatic heterocycles. The van der Waals surface area contributed by atoms with Crippen molar-refractivity contribution in [2.45, 2.75) is 13.3 Å². The fourth-order valence-corrected chi connectivity index (χ4v) is 2.31. The van der Waals surface area contributed by atoms with Gasteiger partial charge in [0.2, 0.25) is 0 Å². The number of rotatable bonds is 3. The average Bonchev–Trinajstić information content (AvgIpc) is 2.69. The van der Waals surface area contributed by atoms with E-state index in [2.05, 4.69) is 34.2 Å². The average molecular weight is 270 g/mol. The molecule has 1 aromatic carbocycles. The second-order valence-corrected chi connectivity index (χ2v) is 5.00. The standard InChI is InChI=1S/C12H16BrNO/c1-9-6-11(13)2-3-12(9)15-8-10-4-5-14-7-10/h2-3,6,10,14H,4-5,7-8H2,1H3. The van der Waals surface area contributed by atoms with E-state index in [1.165, 1.54) is 12.0 Å². The molecule has 0 bridgehead atoms. The highest BCUT2D eigenvalue weighted by Gasteiger charge is 2.15. The predicted octanol–water partition coefficient (Wildman–Crippen LogP) is 2.75. The molecule has 3 heteroatoms. The van der Waals surface area contributed by atoms with Gasteiger partial charge in [0.05, 0.1) is 6.61 Å². The zero-order chi connectivity index (χ0) is 10.7. The molecule has 82 valence electrons. The lowest BCUT2D eigenvalue weighted by Gasteiger charge is -2.12. The van der Waals surface area contributed by atoms with Crippen molar-refractivity contribution >= 4 is 15.9 Å². The highest BCUT2D eigenvalue weighted by molar-refractivity contribution is 9.10. The lowest BCUT2D eigenvalue weighted by atomic mass is 10.1. The van der Waals surface area contributed by atoms with E-state index in [4.69, 9.17) is 4.74 Å². The number of benzene rings is 1. The molecule has 0 radical (unpaired) electrons. The predicted molar refractivity (Wildman–Crippen MR) is 65.4 cm³/mol. The normalized spacial score (nSPS) is 20.5. The molecule has 2 nitrogen and oxygen atoms in total. The Morgan fingerprint density at radius 1 is 1.53 bits per heavy atom. The summed E-state index contributed by atoms with van der Waals surface area (Å²) in [5, 5.41) is 3.34. The van der Waals surface area contributed by atoms with Gasteiger partial charge in [-0.1, -0.05) is 15.9 Å². The van der Waals surface area contributed by atoms with Crippen LogP contribution >= 0.6 is 15.9 Å². The van der Waals surface area contributed by atoms with Crippen molar-refractivity contribution in [3.05, 3.63) is 28.2 Å². The number of halogens is 1. The molecule has 1 heterocycles. The largest absolute Gasteiger partial charge is 0.493 e. The minimum atomic E-state index is 0.674. The van der Waals surface area contributed by atoms with Crippen molar-refractivity contribution in [1.82, 2.24) is 5.32 Å². The molecule has 0 amide bonds. The fraction of sp³-hybridized carbons (Fsp3) is 0.500. The maximum absolute atomic E-state index is 5.81. The summed E-state index contributed by atoms with van der Waals surface area (Å²) in [6.07, 6.45) is 1.23. The summed E-state index contributed by atoms with van der Waals surface area (Å²) < 4.78 is 6.92. The van der Waals surface area contributed by atoms with Gasteiger partial charge in [-0.15, -0.1) is 0 Å². The summed E-state index contributed by atoms with van der Waals surface area (Å²) in [4.78, 5) is 0. The Kier molecular flexibility index (Phi) is 3.65. The molecule has 1 atom stereocenters. The molecule has 0 aliphatic carbocycles. The van der Waals surface area contributed by atoms with E-state index in [1.807, 2.05) is 12.1 Å². The van der Waals surface area contributed by atoms with Crippen LogP contribution in [-0.2, 0) is 0 Å². The summed E-state index contributed by atoms with van der Waals surface area (Å²) in [6, 6.07) is 6.14. The van der Waals surface area contributed by atoms with Crippen molar-refractivity contribution in [2.75, 3.05) is 19.7 Å². The van der Waals surface area contributed by atoms with Crippen molar-refractivity contribution in [1.29, 1.82) is 0 Å². The van der Waals surface area contributed by atoms with Crippen molar-refractivity contribution < 1.29 is 4.74 Å². The van der Waals surface area contributed by atoms with E-state index in [1.54, 1.807) is 0 Å². The Hall–Kier alpha value is -0.540. The van der Waals surface area contributed by atoms with E-state index in [9.17, 15) is 0 Å². The summed E-state index contributed by atoms with van der Waals surface area (Å²) >= 11 is 3.45.